The number of thiophene rings is 1. The van der Waals surface area contributed by atoms with Crippen LogP contribution in [0.15, 0.2) is 53.9 Å². The lowest BCUT2D eigenvalue weighted by molar-refractivity contribution is 0.103. The highest BCUT2D eigenvalue weighted by molar-refractivity contribution is 7.12. The molecule has 0 saturated carbocycles. The SMILES string of the molecule is Cc1cc(F)ccc1NC(=O)c1cc(COc2ccc(C(C)C)cc2)cs1. The first-order valence-electron chi connectivity index (χ1n) is 8.80. The van der Waals surface area contributed by atoms with Gasteiger partial charge in [-0.25, -0.2) is 4.39 Å². The molecule has 3 nitrogen and oxygen atoms in total. The number of rotatable bonds is 6. The van der Waals surface area contributed by atoms with Gasteiger partial charge in [0, 0.05) is 11.3 Å². The highest BCUT2D eigenvalue weighted by Crippen LogP contribution is 2.22. The van der Waals surface area contributed by atoms with Crippen molar-refractivity contribution < 1.29 is 13.9 Å². The molecule has 0 fully saturated rings. The molecule has 0 spiro atoms. The minimum absolute atomic E-state index is 0.206. The Kier molecular flexibility index (Phi) is 5.91. The third-order valence-electron chi connectivity index (χ3n) is 4.27. The lowest BCUT2D eigenvalue weighted by atomic mass is 10.0. The Morgan fingerprint density at radius 3 is 2.56 bits per heavy atom. The quantitative estimate of drug-likeness (QED) is 0.554. The number of amides is 1. The van der Waals surface area contributed by atoms with Gasteiger partial charge in [-0.15, -0.1) is 11.3 Å². The van der Waals surface area contributed by atoms with Crippen LogP contribution >= 0.6 is 11.3 Å². The van der Waals surface area contributed by atoms with Crippen LogP contribution in [0.1, 0.15) is 46.1 Å². The standard InChI is InChI=1S/C22H22FNO2S/c1-14(2)17-4-7-19(8-5-17)26-12-16-11-21(27-13-16)22(25)24-20-9-6-18(23)10-15(20)3/h4-11,13-14H,12H2,1-3H3,(H,24,25). The Morgan fingerprint density at radius 2 is 1.89 bits per heavy atom. The Morgan fingerprint density at radius 1 is 1.15 bits per heavy atom. The van der Waals surface area contributed by atoms with Gasteiger partial charge in [0.2, 0.25) is 0 Å². The normalized spacial score (nSPS) is 10.9. The van der Waals surface area contributed by atoms with E-state index in [1.165, 1.54) is 29.0 Å². The van der Waals surface area contributed by atoms with Crippen LogP contribution in [0.2, 0.25) is 0 Å². The largest absolute Gasteiger partial charge is 0.489 e. The Labute approximate surface area is 162 Å². The molecule has 1 amide bonds. The second-order valence-electron chi connectivity index (χ2n) is 6.74. The maximum atomic E-state index is 13.2. The lowest BCUT2D eigenvalue weighted by Crippen LogP contribution is -2.11. The van der Waals surface area contributed by atoms with Gasteiger partial charge < -0.3 is 10.1 Å². The van der Waals surface area contributed by atoms with Gasteiger partial charge in [-0.1, -0.05) is 26.0 Å². The minimum Gasteiger partial charge on any atom is -0.489 e. The van der Waals surface area contributed by atoms with Crippen LogP contribution in [0.25, 0.3) is 0 Å². The van der Waals surface area contributed by atoms with E-state index in [1.54, 1.807) is 13.0 Å². The zero-order chi connectivity index (χ0) is 19.4. The van der Waals surface area contributed by atoms with Crippen LogP contribution < -0.4 is 10.1 Å². The highest BCUT2D eigenvalue weighted by atomic mass is 32.1. The van der Waals surface area contributed by atoms with E-state index in [0.29, 0.717) is 28.7 Å². The van der Waals surface area contributed by atoms with Gasteiger partial charge >= 0.3 is 0 Å². The molecule has 0 saturated heterocycles. The first-order valence-corrected chi connectivity index (χ1v) is 9.68. The fourth-order valence-corrected chi connectivity index (χ4v) is 3.43. The van der Waals surface area contributed by atoms with Gasteiger partial charge in [0.25, 0.3) is 5.91 Å². The van der Waals surface area contributed by atoms with E-state index in [9.17, 15) is 9.18 Å². The summed E-state index contributed by atoms with van der Waals surface area (Å²) in [5, 5.41) is 4.73. The highest BCUT2D eigenvalue weighted by Gasteiger charge is 2.11. The fraction of sp³-hybridized carbons (Fsp3) is 0.227. The smallest absolute Gasteiger partial charge is 0.265 e. The van der Waals surface area contributed by atoms with Crippen molar-refractivity contribution in [1.29, 1.82) is 0 Å². The van der Waals surface area contributed by atoms with Crippen LogP contribution in [-0.2, 0) is 6.61 Å². The van der Waals surface area contributed by atoms with Crippen molar-refractivity contribution in [2.75, 3.05) is 5.32 Å². The van der Waals surface area contributed by atoms with Crippen LogP contribution in [0.5, 0.6) is 5.75 Å². The lowest BCUT2D eigenvalue weighted by Gasteiger charge is -2.08. The first kappa shape index (κ1) is 19.1. The number of hydrogen-bond acceptors (Lipinski definition) is 3. The molecule has 0 atom stereocenters. The van der Waals surface area contributed by atoms with Gasteiger partial charge in [-0.3, -0.25) is 4.79 Å². The number of carbonyl (C=O) groups excluding carboxylic acids is 1. The summed E-state index contributed by atoms with van der Waals surface area (Å²) in [6.45, 7) is 6.47. The molecule has 1 heterocycles. The van der Waals surface area contributed by atoms with E-state index >= 15 is 0 Å². The van der Waals surface area contributed by atoms with E-state index < -0.39 is 0 Å². The summed E-state index contributed by atoms with van der Waals surface area (Å²) in [6, 6.07) is 14.2. The molecule has 5 heteroatoms. The number of carbonyl (C=O) groups is 1. The summed E-state index contributed by atoms with van der Waals surface area (Å²) < 4.78 is 19.0. The molecule has 3 rings (SSSR count). The average Bonchev–Trinajstić information content (AvgIpc) is 3.12. The number of aryl methyl sites for hydroxylation is 1. The van der Waals surface area contributed by atoms with Crippen LogP contribution in [0.4, 0.5) is 10.1 Å². The molecular formula is C22H22FNO2S. The van der Waals surface area contributed by atoms with Crippen molar-refractivity contribution >= 4 is 22.9 Å². The molecule has 140 valence electrons. The summed E-state index contributed by atoms with van der Waals surface area (Å²) in [5.74, 6) is 0.769. The molecule has 0 aliphatic rings. The Bertz CT molecular complexity index is 932. The first-order chi connectivity index (χ1) is 12.9. The monoisotopic (exact) mass is 383 g/mol. The van der Waals surface area contributed by atoms with Gasteiger partial charge in [-0.2, -0.15) is 0 Å². The van der Waals surface area contributed by atoms with E-state index in [2.05, 4.69) is 31.3 Å². The van der Waals surface area contributed by atoms with Crippen molar-refractivity contribution in [3.63, 3.8) is 0 Å². The molecule has 27 heavy (non-hydrogen) atoms. The van der Waals surface area contributed by atoms with Gasteiger partial charge in [0.15, 0.2) is 0 Å². The van der Waals surface area contributed by atoms with E-state index in [4.69, 9.17) is 4.74 Å². The third kappa shape index (κ3) is 4.95. The second kappa shape index (κ2) is 8.35. The number of halogens is 1. The predicted molar refractivity (Wildman–Crippen MR) is 108 cm³/mol. The van der Waals surface area contributed by atoms with E-state index in [0.717, 1.165) is 11.3 Å². The number of hydrogen-bond donors (Lipinski definition) is 1. The summed E-state index contributed by atoms with van der Waals surface area (Å²) in [7, 11) is 0. The minimum atomic E-state index is -0.317. The summed E-state index contributed by atoms with van der Waals surface area (Å²) in [4.78, 5) is 13.0. The van der Waals surface area contributed by atoms with Gasteiger partial charge in [0.05, 0.1) is 4.88 Å². The maximum absolute atomic E-state index is 13.2. The maximum Gasteiger partial charge on any atom is 0.265 e. The zero-order valence-corrected chi connectivity index (χ0v) is 16.4. The third-order valence-corrected chi connectivity index (χ3v) is 5.24. The predicted octanol–water partition coefficient (Wildman–Crippen LogP) is 6.15. The number of benzene rings is 2. The average molecular weight is 383 g/mol. The zero-order valence-electron chi connectivity index (χ0n) is 15.6. The van der Waals surface area contributed by atoms with Crippen LogP contribution in [0, 0.1) is 12.7 Å². The molecule has 0 unspecified atom stereocenters. The summed E-state index contributed by atoms with van der Waals surface area (Å²) in [5.41, 5.74) is 3.51. The molecule has 1 N–H and O–H groups in total. The second-order valence-corrected chi connectivity index (χ2v) is 7.66. The summed E-state index contributed by atoms with van der Waals surface area (Å²) >= 11 is 1.36. The van der Waals surface area contributed by atoms with Crippen LogP contribution in [-0.4, -0.2) is 5.91 Å². The van der Waals surface area contributed by atoms with Crippen molar-refractivity contribution in [2.24, 2.45) is 0 Å². The van der Waals surface area contributed by atoms with Crippen molar-refractivity contribution in [1.82, 2.24) is 0 Å². The molecule has 0 bridgehead atoms. The summed E-state index contributed by atoms with van der Waals surface area (Å²) in [6.07, 6.45) is 0. The van der Waals surface area contributed by atoms with Gasteiger partial charge in [0.1, 0.15) is 18.2 Å². The molecule has 0 radical (unpaired) electrons. The van der Waals surface area contributed by atoms with E-state index in [-0.39, 0.29) is 11.7 Å². The van der Waals surface area contributed by atoms with E-state index in [1.807, 2.05) is 23.6 Å². The fourth-order valence-electron chi connectivity index (χ4n) is 2.64. The molecule has 1 aromatic heterocycles. The van der Waals surface area contributed by atoms with Crippen molar-refractivity contribution in [3.05, 3.63) is 81.3 Å². The molecule has 0 aliphatic heterocycles. The van der Waals surface area contributed by atoms with Crippen molar-refractivity contribution in [3.8, 4) is 5.75 Å². The van der Waals surface area contributed by atoms with Crippen LogP contribution in [0.3, 0.4) is 0 Å². The molecule has 3 aromatic rings. The molecule has 0 aliphatic carbocycles. The van der Waals surface area contributed by atoms with Gasteiger partial charge in [-0.05, 0) is 65.7 Å². The number of nitrogens with one attached hydrogen (secondary N) is 1. The molecule has 2 aromatic carbocycles. The number of ether oxygens (including phenoxy) is 1. The topological polar surface area (TPSA) is 38.3 Å². The number of anilines is 1. The Balaban J connectivity index is 1.59. The van der Waals surface area contributed by atoms with Crippen molar-refractivity contribution in [2.45, 2.75) is 33.3 Å². The molecular weight excluding hydrogens is 361 g/mol. The Hall–Kier alpha value is -2.66.